The average molecular weight is 450 g/mol. The standard InChI is InChI=1S/C22H31N3O3S2/c1-24(2)20(22-11-8-14-29-22)16-23-17-21(26)18-9-7-10-19(15-18)30(27,28)25-12-5-3-4-6-13-25/h7-11,14-15,20,23H,3-6,12-13,16-17H2,1-2H3. The maximum Gasteiger partial charge on any atom is 0.243 e. The molecule has 1 aromatic heterocycles. The van der Waals surface area contributed by atoms with Crippen molar-refractivity contribution >= 4 is 27.1 Å². The molecular weight excluding hydrogens is 418 g/mol. The van der Waals surface area contributed by atoms with Crippen molar-refractivity contribution in [2.45, 2.75) is 36.6 Å². The number of carbonyl (C=O) groups excluding carboxylic acids is 1. The van der Waals surface area contributed by atoms with Gasteiger partial charge in [0.25, 0.3) is 0 Å². The predicted octanol–water partition coefficient (Wildman–Crippen LogP) is 3.39. The summed E-state index contributed by atoms with van der Waals surface area (Å²) in [6.45, 7) is 1.92. The van der Waals surface area contributed by atoms with Gasteiger partial charge in [0.05, 0.1) is 17.5 Å². The lowest BCUT2D eigenvalue weighted by molar-refractivity contribution is 0.0988. The van der Waals surface area contributed by atoms with Gasteiger partial charge >= 0.3 is 0 Å². The highest BCUT2D eigenvalue weighted by molar-refractivity contribution is 7.89. The zero-order valence-corrected chi connectivity index (χ0v) is 19.3. The molecule has 1 aromatic carbocycles. The first-order chi connectivity index (χ1) is 14.4. The fourth-order valence-electron chi connectivity index (χ4n) is 3.70. The van der Waals surface area contributed by atoms with E-state index in [-0.39, 0.29) is 23.3 Å². The molecule has 0 radical (unpaired) electrons. The fraction of sp³-hybridized carbons (Fsp3) is 0.500. The quantitative estimate of drug-likeness (QED) is 0.594. The maximum atomic E-state index is 13.0. The highest BCUT2D eigenvalue weighted by Gasteiger charge is 2.25. The Morgan fingerprint density at radius 1 is 1.13 bits per heavy atom. The molecule has 30 heavy (non-hydrogen) atoms. The van der Waals surface area contributed by atoms with Gasteiger partial charge in [-0.2, -0.15) is 4.31 Å². The Kier molecular flexibility index (Phi) is 8.19. The van der Waals surface area contributed by atoms with Gasteiger partial charge in [0.2, 0.25) is 10.0 Å². The first kappa shape index (κ1) is 23.1. The molecule has 1 saturated heterocycles. The molecule has 1 unspecified atom stereocenters. The zero-order chi connectivity index (χ0) is 21.6. The molecule has 2 aromatic rings. The number of thiophene rings is 1. The summed E-state index contributed by atoms with van der Waals surface area (Å²) in [4.78, 5) is 16.3. The number of nitrogens with zero attached hydrogens (tertiary/aromatic N) is 2. The Balaban J connectivity index is 1.64. The van der Waals surface area contributed by atoms with E-state index in [2.05, 4.69) is 16.3 Å². The van der Waals surface area contributed by atoms with Crippen molar-refractivity contribution in [2.75, 3.05) is 40.3 Å². The highest BCUT2D eigenvalue weighted by Crippen LogP contribution is 2.23. The molecule has 3 rings (SSSR count). The molecule has 1 fully saturated rings. The minimum Gasteiger partial charge on any atom is -0.308 e. The summed E-state index contributed by atoms with van der Waals surface area (Å²) in [5, 5.41) is 5.29. The summed E-state index contributed by atoms with van der Waals surface area (Å²) in [7, 11) is 0.477. The van der Waals surface area contributed by atoms with Crippen LogP contribution < -0.4 is 5.32 Å². The van der Waals surface area contributed by atoms with Gasteiger partial charge in [0.15, 0.2) is 5.78 Å². The van der Waals surface area contributed by atoms with E-state index in [1.54, 1.807) is 33.8 Å². The minimum absolute atomic E-state index is 0.105. The van der Waals surface area contributed by atoms with Crippen LogP contribution in [0, 0.1) is 0 Å². The van der Waals surface area contributed by atoms with E-state index < -0.39 is 10.0 Å². The third-order valence-corrected chi connectivity index (χ3v) is 8.35. The minimum atomic E-state index is -3.56. The summed E-state index contributed by atoms with van der Waals surface area (Å²) in [5.74, 6) is -0.105. The molecule has 0 amide bonds. The van der Waals surface area contributed by atoms with Crippen molar-refractivity contribution in [3.8, 4) is 0 Å². The second-order valence-electron chi connectivity index (χ2n) is 7.90. The topological polar surface area (TPSA) is 69.7 Å². The summed E-state index contributed by atoms with van der Waals surface area (Å²) in [6.07, 6.45) is 3.91. The van der Waals surface area contributed by atoms with Gasteiger partial charge in [-0.3, -0.25) is 4.79 Å². The van der Waals surface area contributed by atoms with E-state index in [1.807, 2.05) is 25.5 Å². The third kappa shape index (κ3) is 5.76. The number of ketones is 1. The van der Waals surface area contributed by atoms with E-state index in [4.69, 9.17) is 0 Å². The van der Waals surface area contributed by atoms with Crippen LogP contribution in [0.3, 0.4) is 0 Å². The predicted molar refractivity (Wildman–Crippen MR) is 122 cm³/mol. The van der Waals surface area contributed by atoms with E-state index in [0.29, 0.717) is 25.2 Å². The number of hydrogen-bond donors (Lipinski definition) is 1. The van der Waals surface area contributed by atoms with Gasteiger partial charge in [-0.25, -0.2) is 8.42 Å². The summed E-state index contributed by atoms with van der Waals surface area (Å²) in [5.41, 5.74) is 0.427. The van der Waals surface area contributed by atoms with Crippen molar-refractivity contribution in [3.05, 3.63) is 52.2 Å². The number of likely N-dealkylation sites (N-methyl/N-ethyl adjacent to an activating group) is 1. The molecule has 0 bridgehead atoms. The van der Waals surface area contributed by atoms with Crippen molar-refractivity contribution in [3.63, 3.8) is 0 Å². The molecule has 1 N–H and O–H groups in total. The Hall–Kier alpha value is -1.58. The molecule has 2 heterocycles. The molecule has 6 nitrogen and oxygen atoms in total. The van der Waals surface area contributed by atoms with E-state index in [9.17, 15) is 13.2 Å². The molecule has 164 valence electrons. The second kappa shape index (κ2) is 10.6. The number of rotatable bonds is 9. The zero-order valence-electron chi connectivity index (χ0n) is 17.7. The van der Waals surface area contributed by atoms with Gasteiger partial charge in [-0.05, 0) is 50.5 Å². The lowest BCUT2D eigenvalue weighted by Crippen LogP contribution is -2.33. The first-order valence-corrected chi connectivity index (χ1v) is 12.8. The SMILES string of the molecule is CN(C)C(CNCC(=O)c1cccc(S(=O)(=O)N2CCCCCC2)c1)c1cccs1. The molecule has 0 saturated carbocycles. The van der Waals surface area contributed by atoms with Crippen molar-refractivity contribution in [1.82, 2.24) is 14.5 Å². The van der Waals surface area contributed by atoms with Gasteiger partial charge in [-0.1, -0.05) is 31.0 Å². The van der Waals surface area contributed by atoms with E-state index in [0.717, 1.165) is 25.7 Å². The van der Waals surface area contributed by atoms with Gasteiger partial charge in [-0.15, -0.1) is 11.3 Å². The van der Waals surface area contributed by atoms with Crippen LogP contribution in [-0.4, -0.2) is 63.7 Å². The van der Waals surface area contributed by atoms with Gasteiger partial charge in [0.1, 0.15) is 0 Å². The molecular formula is C22H31N3O3S2. The number of Topliss-reactive ketones (excluding diaryl/α,β-unsaturated/α-hetero) is 1. The van der Waals surface area contributed by atoms with Gasteiger partial charge < -0.3 is 10.2 Å². The Bertz CT molecular complexity index is 919. The lowest BCUT2D eigenvalue weighted by Gasteiger charge is -2.23. The van der Waals surface area contributed by atoms with Crippen LogP contribution in [0.25, 0.3) is 0 Å². The van der Waals surface area contributed by atoms with Crippen LogP contribution in [0.15, 0.2) is 46.7 Å². The smallest absolute Gasteiger partial charge is 0.243 e. The molecule has 0 aliphatic carbocycles. The fourth-order valence-corrected chi connectivity index (χ4v) is 6.19. The van der Waals surface area contributed by atoms with Crippen molar-refractivity contribution in [1.29, 1.82) is 0 Å². The number of carbonyl (C=O) groups is 1. The van der Waals surface area contributed by atoms with Gasteiger partial charge in [0, 0.05) is 30.1 Å². The first-order valence-electron chi connectivity index (χ1n) is 10.4. The maximum absolute atomic E-state index is 13.0. The number of sulfonamides is 1. The summed E-state index contributed by atoms with van der Waals surface area (Å²) >= 11 is 1.70. The molecule has 0 spiro atoms. The largest absolute Gasteiger partial charge is 0.308 e. The Labute approximate surface area is 183 Å². The number of hydrogen-bond acceptors (Lipinski definition) is 6. The van der Waals surface area contributed by atoms with Crippen molar-refractivity contribution in [2.24, 2.45) is 0 Å². The number of nitrogens with one attached hydrogen (secondary N) is 1. The van der Waals surface area contributed by atoms with Crippen molar-refractivity contribution < 1.29 is 13.2 Å². The Morgan fingerprint density at radius 3 is 2.50 bits per heavy atom. The van der Waals surface area contributed by atoms with Crippen LogP contribution in [0.5, 0.6) is 0 Å². The van der Waals surface area contributed by atoms with Crippen LogP contribution in [0.4, 0.5) is 0 Å². The summed E-state index contributed by atoms with van der Waals surface area (Å²) < 4.78 is 27.6. The van der Waals surface area contributed by atoms with Crippen LogP contribution in [0.2, 0.25) is 0 Å². The molecule has 8 heteroatoms. The highest BCUT2D eigenvalue weighted by atomic mass is 32.2. The Morgan fingerprint density at radius 2 is 1.87 bits per heavy atom. The van der Waals surface area contributed by atoms with Crippen LogP contribution in [-0.2, 0) is 10.0 Å². The monoisotopic (exact) mass is 449 g/mol. The van der Waals surface area contributed by atoms with E-state index >= 15 is 0 Å². The van der Waals surface area contributed by atoms with Crippen LogP contribution in [0.1, 0.15) is 47.0 Å². The van der Waals surface area contributed by atoms with E-state index in [1.165, 1.54) is 10.9 Å². The molecule has 1 aliphatic rings. The normalized spacial score (nSPS) is 17.0. The lowest BCUT2D eigenvalue weighted by atomic mass is 10.1. The molecule has 1 atom stereocenters. The average Bonchev–Trinajstić information content (AvgIpc) is 3.11. The number of benzene rings is 1. The third-order valence-electron chi connectivity index (χ3n) is 5.48. The van der Waals surface area contributed by atoms with Crippen LogP contribution >= 0.6 is 11.3 Å². The molecule has 1 aliphatic heterocycles. The second-order valence-corrected chi connectivity index (χ2v) is 10.8. The summed E-state index contributed by atoms with van der Waals surface area (Å²) in [6, 6.07) is 10.8.